The lowest BCUT2D eigenvalue weighted by Gasteiger charge is -2.39. The second-order valence-electron chi connectivity index (χ2n) is 9.15. The number of likely N-dealkylation sites (tertiary alicyclic amines) is 2. The molecule has 10 heteroatoms. The molecule has 2 fully saturated rings. The van der Waals surface area contributed by atoms with Crippen molar-refractivity contribution < 1.29 is 23.7 Å². The molecule has 2 saturated heterocycles. The van der Waals surface area contributed by atoms with Crippen molar-refractivity contribution >= 4 is 40.5 Å². The summed E-state index contributed by atoms with van der Waals surface area (Å²) in [5.41, 5.74) is 1.36. The predicted molar refractivity (Wildman–Crippen MR) is 144 cm³/mol. The van der Waals surface area contributed by atoms with Gasteiger partial charge in [0.25, 0.3) is 5.91 Å². The Labute approximate surface area is 222 Å². The first-order valence-electron chi connectivity index (χ1n) is 11.8. The van der Waals surface area contributed by atoms with Gasteiger partial charge in [-0.05, 0) is 55.1 Å². The molecular weight excluding hydrogens is 502 g/mol. The molecule has 0 saturated carbocycles. The van der Waals surface area contributed by atoms with Gasteiger partial charge in [0.15, 0.2) is 5.11 Å². The standard InChI is InChI=1S/C26H32ClN3O5S/c1-32-17-5-6-21(33-2)18(13-17)24(31)29-10-7-26(8-11-29)9-12-30(16-26)25(36)28-20-15-22(34-3)19(27)14-23(20)35-4/h5-6,13-15H,7-12,16H2,1-4H3,(H,28,36). The Bertz CT molecular complexity index is 1140. The normalized spacial score (nSPS) is 16.6. The number of hydrogen-bond acceptors (Lipinski definition) is 6. The molecule has 2 aromatic rings. The van der Waals surface area contributed by atoms with Crippen LogP contribution in [0.2, 0.25) is 5.02 Å². The highest BCUT2D eigenvalue weighted by atomic mass is 35.5. The van der Waals surface area contributed by atoms with E-state index in [0.29, 0.717) is 57.5 Å². The van der Waals surface area contributed by atoms with Crippen LogP contribution in [-0.4, -0.2) is 75.4 Å². The minimum atomic E-state index is -0.0311. The maximum Gasteiger partial charge on any atom is 0.257 e. The molecule has 0 atom stereocenters. The fourth-order valence-electron chi connectivity index (χ4n) is 5.00. The number of methoxy groups -OCH3 is 4. The van der Waals surface area contributed by atoms with Gasteiger partial charge in [-0.3, -0.25) is 4.79 Å². The zero-order chi connectivity index (χ0) is 25.9. The number of anilines is 1. The molecule has 1 amide bonds. The molecule has 2 heterocycles. The third-order valence-electron chi connectivity index (χ3n) is 7.19. The molecule has 36 heavy (non-hydrogen) atoms. The summed E-state index contributed by atoms with van der Waals surface area (Å²) in [4.78, 5) is 17.4. The van der Waals surface area contributed by atoms with E-state index in [1.54, 1.807) is 58.8 Å². The molecule has 0 radical (unpaired) electrons. The number of rotatable bonds is 6. The fraction of sp³-hybridized carbons (Fsp3) is 0.462. The van der Waals surface area contributed by atoms with Gasteiger partial charge in [-0.2, -0.15) is 0 Å². The minimum absolute atomic E-state index is 0.0311. The van der Waals surface area contributed by atoms with Gasteiger partial charge in [0.05, 0.1) is 44.7 Å². The average molecular weight is 534 g/mol. The number of amides is 1. The first kappa shape index (κ1) is 26.2. The molecule has 0 aromatic heterocycles. The van der Waals surface area contributed by atoms with Gasteiger partial charge >= 0.3 is 0 Å². The molecule has 194 valence electrons. The van der Waals surface area contributed by atoms with Crippen molar-refractivity contribution in [2.24, 2.45) is 5.41 Å². The zero-order valence-corrected chi connectivity index (χ0v) is 22.6. The van der Waals surface area contributed by atoms with E-state index in [9.17, 15) is 4.79 Å². The van der Waals surface area contributed by atoms with Gasteiger partial charge in [0, 0.05) is 38.3 Å². The van der Waals surface area contributed by atoms with E-state index in [1.807, 2.05) is 4.90 Å². The molecule has 2 aliphatic heterocycles. The number of halogens is 1. The van der Waals surface area contributed by atoms with Crippen LogP contribution in [-0.2, 0) is 0 Å². The van der Waals surface area contributed by atoms with Crippen molar-refractivity contribution in [3.8, 4) is 23.0 Å². The summed E-state index contributed by atoms with van der Waals surface area (Å²) in [5.74, 6) is 2.30. The summed E-state index contributed by atoms with van der Waals surface area (Å²) in [6.07, 6.45) is 2.87. The van der Waals surface area contributed by atoms with Crippen LogP contribution < -0.4 is 24.3 Å². The first-order valence-corrected chi connectivity index (χ1v) is 12.6. The zero-order valence-electron chi connectivity index (χ0n) is 21.1. The van der Waals surface area contributed by atoms with Crippen LogP contribution in [0.25, 0.3) is 0 Å². The van der Waals surface area contributed by atoms with Crippen LogP contribution in [0.15, 0.2) is 30.3 Å². The van der Waals surface area contributed by atoms with Crippen molar-refractivity contribution in [3.63, 3.8) is 0 Å². The van der Waals surface area contributed by atoms with Crippen LogP contribution in [0, 0.1) is 5.41 Å². The molecule has 1 N–H and O–H groups in total. The molecule has 8 nitrogen and oxygen atoms in total. The Morgan fingerprint density at radius 1 is 0.889 bits per heavy atom. The quantitative estimate of drug-likeness (QED) is 0.536. The summed E-state index contributed by atoms with van der Waals surface area (Å²) in [6, 6.07) is 8.80. The first-order chi connectivity index (χ1) is 17.3. The molecule has 0 bridgehead atoms. The number of nitrogens with one attached hydrogen (secondary N) is 1. The van der Waals surface area contributed by atoms with Crippen LogP contribution in [0.5, 0.6) is 23.0 Å². The van der Waals surface area contributed by atoms with Gasteiger partial charge in [-0.15, -0.1) is 0 Å². The number of piperidine rings is 1. The van der Waals surface area contributed by atoms with E-state index in [2.05, 4.69) is 10.2 Å². The maximum absolute atomic E-state index is 13.3. The summed E-state index contributed by atoms with van der Waals surface area (Å²) in [5, 5.41) is 4.41. The lowest BCUT2D eigenvalue weighted by molar-refractivity contribution is 0.0595. The average Bonchev–Trinajstić information content (AvgIpc) is 3.32. The lowest BCUT2D eigenvalue weighted by Crippen LogP contribution is -2.45. The summed E-state index contributed by atoms with van der Waals surface area (Å²) in [7, 11) is 6.32. The maximum atomic E-state index is 13.3. The van der Waals surface area contributed by atoms with E-state index in [-0.39, 0.29) is 11.3 Å². The number of carbonyl (C=O) groups is 1. The fourth-order valence-corrected chi connectivity index (χ4v) is 5.50. The number of ether oxygens (including phenoxy) is 4. The Balaban J connectivity index is 1.39. The van der Waals surface area contributed by atoms with E-state index >= 15 is 0 Å². The van der Waals surface area contributed by atoms with Gasteiger partial charge in [0.2, 0.25) is 0 Å². The SMILES string of the molecule is COc1ccc(OC)c(C(=O)N2CCC3(CC2)CCN(C(=S)Nc2cc(OC)c(Cl)cc2OC)C3)c1. The summed E-state index contributed by atoms with van der Waals surface area (Å²) < 4.78 is 21.5. The third kappa shape index (κ3) is 5.27. The van der Waals surface area contributed by atoms with Gasteiger partial charge in [-0.1, -0.05) is 11.6 Å². The van der Waals surface area contributed by atoms with E-state index in [0.717, 1.165) is 32.4 Å². The van der Waals surface area contributed by atoms with Crippen molar-refractivity contribution in [2.45, 2.75) is 19.3 Å². The summed E-state index contributed by atoms with van der Waals surface area (Å²) >= 11 is 12.0. The smallest absolute Gasteiger partial charge is 0.257 e. The van der Waals surface area contributed by atoms with Gasteiger partial charge in [-0.25, -0.2) is 0 Å². The number of carbonyl (C=O) groups excluding carboxylic acids is 1. The molecular formula is C26H32ClN3O5S. The molecule has 2 aromatic carbocycles. The second-order valence-corrected chi connectivity index (χ2v) is 9.94. The molecule has 0 unspecified atom stereocenters. The van der Waals surface area contributed by atoms with Crippen LogP contribution in [0.4, 0.5) is 5.69 Å². The Kier molecular flexibility index (Phi) is 8.00. The van der Waals surface area contributed by atoms with Crippen molar-refractivity contribution in [1.82, 2.24) is 9.80 Å². The number of thiocarbonyl (C=S) groups is 1. The number of benzene rings is 2. The second kappa shape index (κ2) is 11.0. The van der Waals surface area contributed by atoms with Crippen molar-refractivity contribution in [1.29, 1.82) is 0 Å². The van der Waals surface area contributed by atoms with Crippen LogP contribution >= 0.6 is 23.8 Å². The molecule has 0 aliphatic carbocycles. The number of nitrogens with zero attached hydrogens (tertiary/aromatic N) is 2. The summed E-state index contributed by atoms with van der Waals surface area (Å²) in [6.45, 7) is 3.08. The topological polar surface area (TPSA) is 72.5 Å². The van der Waals surface area contributed by atoms with Crippen LogP contribution in [0.1, 0.15) is 29.6 Å². The highest BCUT2D eigenvalue weighted by Gasteiger charge is 2.42. The molecule has 1 spiro atoms. The predicted octanol–water partition coefficient (Wildman–Crippen LogP) is 4.70. The molecule has 2 aliphatic rings. The van der Waals surface area contributed by atoms with E-state index in [1.165, 1.54) is 0 Å². The minimum Gasteiger partial charge on any atom is -0.497 e. The molecule has 4 rings (SSSR count). The largest absolute Gasteiger partial charge is 0.497 e. The van der Waals surface area contributed by atoms with E-state index < -0.39 is 0 Å². The number of hydrogen-bond donors (Lipinski definition) is 1. The lowest BCUT2D eigenvalue weighted by atomic mass is 9.77. The van der Waals surface area contributed by atoms with Crippen molar-refractivity contribution in [2.75, 3.05) is 59.9 Å². The highest BCUT2D eigenvalue weighted by Crippen LogP contribution is 2.42. The van der Waals surface area contributed by atoms with E-state index in [4.69, 9.17) is 42.8 Å². The van der Waals surface area contributed by atoms with Gasteiger partial charge in [0.1, 0.15) is 23.0 Å². The van der Waals surface area contributed by atoms with Crippen molar-refractivity contribution in [3.05, 3.63) is 40.9 Å². The van der Waals surface area contributed by atoms with Gasteiger partial charge < -0.3 is 34.1 Å². The highest BCUT2D eigenvalue weighted by molar-refractivity contribution is 7.80. The Morgan fingerprint density at radius 3 is 2.14 bits per heavy atom. The Morgan fingerprint density at radius 2 is 1.53 bits per heavy atom. The third-order valence-corrected chi connectivity index (χ3v) is 7.85. The Hall–Kier alpha value is -2.91. The van der Waals surface area contributed by atoms with Crippen LogP contribution in [0.3, 0.4) is 0 Å². The monoisotopic (exact) mass is 533 g/mol.